The highest BCUT2D eigenvalue weighted by atomic mass is 32.1. The molecule has 1 aliphatic rings. The van der Waals surface area contributed by atoms with Crippen molar-refractivity contribution >= 4 is 22.7 Å². The second kappa shape index (κ2) is 5.27. The number of rotatable bonds is 4. The molecule has 1 fully saturated rings. The van der Waals surface area contributed by atoms with Crippen LogP contribution >= 0.6 is 22.7 Å². The number of thiophene rings is 1. The first-order valence-corrected chi connectivity index (χ1v) is 7.65. The molecular formula is C12H15N3S2. The van der Waals surface area contributed by atoms with E-state index < -0.39 is 0 Å². The van der Waals surface area contributed by atoms with Gasteiger partial charge in [0.15, 0.2) is 0 Å². The Morgan fingerprint density at radius 1 is 1.47 bits per heavy atom. The first-order chi connectivity index (χ1) is 8.42. The zero-order valence-electron chi connectivity index (χ0n) is 9.48. The van der Waals surface area contributed by atoms with Crippen LogP contribution in [0, 0.1) is 0 Å². The van der Waals surface area contributed by atoms with Crippen molar-refractivity contribution < 1.29 is 0 Å². The third-order valence-corrected chi connectivity index (χ3v) is 4.58. The molecule has 17 heavy (non-hydrogen) atoms. The predicted molar refractivity (Wildman–Crippen MR) is 73.5 cm³/mol. The molecule has 0 bridgehead atoms. The molecule has 5 heteroatoms. The van der Waals surface area contributed by atoms with Crippen molar-refractivity contribution in [2.45, 2.75) is 19.0 Å². The fourth-order valence-electron chi connectivity index (χ4n) is 1.98. The van der Waals surface area contributed by atoms with E-state index in [2.05, 4.69) is 37.8 Å². The van der Waals surface area contributed by atoms with Crippen molar-refractivity contribution in [1.29, 1.82) is 0 Å². The Kier molecular flexibility index (Phi) is 3.51. The van der Waals surface area contributed by atoms with Crippen molar-refractivity contribution in [3.05, 3.63) is 27.9 Å². The SMILES string of the molecule is c1cc(-c2nc(CNC3CCNC3)cs2)cs1. The second-order valence-electron chi connectivity index (χ2n) is 4.23. The van der Waals surface area contributed by atoms with Crippen molar-refractivity contribution in [1.82, 2.24) is 15.6 Å². The molecule has 3 rings (SSSR count). The summed E-state index contributed by atoms with van der Waals surface area (Å²) in [5, 5.41) is 14.4. The van der Waals surface area contributed by atoms with Crippen LogP contribution in [-0.4, -0.2) is 24.1 Å². The van der Waals surface area contributed by atoms with Gasteiger partial charge in [-0.3, -0.25) is 0 Å². The van der Waals surface area contributed by atoms with Crippen LogP contribution in [0.1, 0.15) is 12.1 Å². The van der Waals surface area contributed by atoms with Crippen LogP contribution in [0.25, 0.3) is 10.6 Å². The Morgan fingerprint density at radius 3 is 3.24 bits per heavy atom. The van der Waals surface area contributed by atoms with E-state index in [0.29, 0.717) is 6.04 Å². The van der Waals surface area contributed by atoms with Gasteiger partial charge in [-0.15, -0.1) is 11.3 Å². The number of thiazole rings is 1. The smallest absolute Gasteiger partial charge is 0.124 e. The highest BCUT2D eigenvalue weighted by molar-refractivity contribution is 7.14. The van der Waals surface area contributed by atoms with Gasteiger partial charge in [-0.2, -0.15) is 11.3 Å². The quantitative estimate of drug-likeness (QED) is 0.891. The number of nitrogens with one attached hydrogen (secondary N) is 2. The maximum Gasteiger partial charge on any atom is 0.124 e. The molecule has 0 aromatic carbocycles. The van der Waals surface area contributed by atoms with Crippen molar-refractivity contribution in [3.63, 3.8) is 0 Å². The van der Waals surface area contributed by atoms with E-state index in [1.54, 1.807) is 22.7 Å². The van der Waals surface area contributed by atoms with Crippen molar-refractivity contribution in [2.24, 2.45) is 0 Å². The summed E-state index contributed by atoms with van der Waals surface area (Å²) < 4.78 is 0. The summed E-state index contributed by atoms with van der Waals surface area (Å²) in [6, 6.07) is 2.74. The molecule has 0 amide bonds. The lowest BCUT2D eigenvalue weighted by Crippen LogP contribution is -2.30. The van der Waals surface area contributed by atoms with Crippen LogP contribution < -0.4 is 10.6 Å². The Morgan fingerprint density at radius 2 is 2.47 bits per heavy atom. The molecule has 90 valence electrons. The van der Waals surface area contributed by atoms with Gasteiger partial charge in [-0.1, -0.05) is 0 Å². The summed E-state index contributed by atoms with van der Waals surface area (Å²) in [5.74, 6) is 0. The largest absolute Gasteiger partial charge is 0.315 e. The van der Waals surface area contributed by atoms with Gasteiger partial charge in [0.2, 0.25) is 0 Å². The molecule has 3 nitrogen and oxygen atoms in total. The molecule has 0 saturated carbocycles. The van der Waals surface area contributed by atoms with Gasteiger partial charge in [0, 0.05) is 35.5 Å². The summed E-state index contributed by atoms with van der Waals surface area (Å²) in [4.78, 5) is 4.66. The van der Waals surface area contributed by atoms with E-state index in [0.717, 1.165) is 30.3 Å². The Hall–Kier alpha value is -0.750. The Bertz CT molecular complexity index is 458. The monoisotopic (exact) mass is 265 g/mol. The number of hydrogen-bond donors (Lipinski definition) is 2. The lowest BCUT2D eigenvalue weighted by molar-refractivity contribution is 0.543. The molecule has 1 unspecified atom stereocenters. The van der Waals surface area contributed by atoms with Crippen LogP contribution in [0.4, 0.5) is 0 Å². The van der Waals surface area contributed by atoms with E-state index in [4.69, 9.17) is 0 Å². The lowest BCUT2D eigenvalue weighted by atomic mass is 10.2. The van der Waals surface area contributed by atoms with Gasteiger partial charge in [0.05, 0.1) is 5.69 Å². The topological polar surface area (TPSA) is 37.0 Å². The van der Waals surface area contributed by atoms with Gasteiger partial charge < -0.3 is 10.6 Å². The summed E-state index contributed by atoms with van der Waals surface area (Å²) >= 11 is 3.45. The minimum Gasteiger partial charge on any atom is -0.315 e. The van der Waals surface area contributed by atoms with Crippen LogP contribution in [0.15, 0.2) is 22.2 Å². The molecule has 0 aliphatic carbocycles. The molecular weight excluding hydrogens is 250 g/mol. The Balaban J connectivity index is 1.60. The standard InChI is InChI=1S/C12H15N3S2/c1-3-13-5-10(1)14-6-11-8-17-12(15-11)9-2-4-16-7-9/h2,4,7-8,10,13-14H,1,3,5-6H2. The van der Waals surface area contributed by atoms with Gasteiger partial charge in [0.1, 0.15) is 5.01 Å². The average Bonchev–Trinajstić information content (AvgIpc) is 3.09. The maximum absolute atomic E-state index is 4.66. The number of aromatic nitrogens is 1. The molecule has 1 aliphatic heterocycles. The van der Waals surface area contributed by atoms with Crippen molar-refractivity contribution in [3.8, 4) is 10.6 Å². The second-order valence-corrected chi connectivity index (χ2v) is 5.86. The third kappa shape index (κ3) is 2.74. The maximum atomic E-state index is 4.66. The molecule has 3 heterocycles. The van der Waals surface area contributed by atoms with Gasteiger partial charge in [-0.25, -0.2) is 4.98 Å². The molecule has 2 aromatic heterocycles. The van der Waals surface area contributed by atoms with E-state index >= 15 is 0 Å². The van der Waals surface area contributed by atoms with Crippen LogP contribution in [0.3, 0.4) is 0 Å². The summed E-state index contributed by atoms with van der Waals surface area (Å²) in [7, 11) is 0. The minimum atomic E-state index is 0.612. The molecule has 0 radical (unpaired) electrons. The van der Waals surface area contributed by atoms with Gasteiger partial charge in [-0.05, 0) is 24.4 Å². The van der Waals surface area contributed by atoms with E-state index in [1.165, 1.54) is 12.0 Å². The normalized spacial score (nSPS) is 19.9. The molecule has 2 N–H and O–H groups in total. The van der Waals surface area contributed by atoms with Crippen LogP contribution in [0.5, 0.6) is 0 Å². The Labute approximate surface area is 109 Å². The first-order valence-electron chi connectivity index (χ1n) is 5.83. The van der Waals surface area contributed by atoms with Gasteiger partial charge >= 0.3 is 0 Å². The van der Waals surface area contributed by atoms with Crippen molar-refractivity contribution in [2.75, 3.05) is 13.1 Å². The summed E-state index contributed by atoms with van der Waals surface area (Å²) in [5.41, 5.74) is 2.40. The number of nitrogens with zero attached hydrogens (tertiary/aromatic N) is 1. The van der Waals surface area contributed by atoms with E-state index in [1.807, 2.05) is 0 Å². The minimum absolute atomic E-state index is 0.612. The highest BCUT2D eigenvalue weighted by Crippen LogP contribution is 2.25. The number of hydrogen-bond acceptors (Lipinski definition) is 5. The van der Waals surface area contributed by atoms with Gasteiger partial charge in [0.25, 0.3) is 0 Å². The fraction of sp³-hybridized carbons (Fsp3) is 0.417. The molecule has 1 atom stereocenters. The van der Waals surface area contributed by atoms with Crippen LogP contribution in [0.2, 0.25) is 0 Å². The average molecular weight is 265 g/mol. The zero-order valence-corrected chi connectivity index (χ0v) is 11.1. The fourth-order valence-corrected chi connectivity index (χ4v) is 3.52. The highest BCUT2D eigenvalue weighted by Gasteiger charge is 2.14. The molecule has 1 saturated heterocycles. The third-order valence-electron chi connectivity index (χ3n) is 2.95. The first kappa shape index (κ1) is 11.3. The summed E-state index contributed by atoms with van der Waals surface area (Å²) in [6.07, 6.45) is 1.22. The lowest BCUT2D eigenvalue weighted by Gasteiger charge is -2.08. The van der Waals surface area contributed by atoms with Crippen LogP contribution in [-0.2, 0) is 6.54 Å². The zero-order chi connectivity index (χ0) is 11.5. The van der Waals surface area contributed by atoms with E-state index in [9.17, 15) is 0 Å². The molecule has 0 spiro atoms. The van der Waals surface area contributed by atoms with E-state index in [-0.39, 0.29) is 0 Å². The summed E-state index contributed by atoms with van der Waals surface area (Å²) in [6.45, 7) is 3.10. The molecule has 2 aromatic rings. The predicted octanol–water partition coefficient (Wildman–Crippen LogP) is 2.32.